The van der Waals surface area contributed by atoms with E-state index in [-0.39, 0.29) is 10.6 Å². The quantitative estimate of drug-likeness (QED) is 0.621. The monoisotopic (exact) mass is 235 g/mol. The minimum absolute atomic E-state index is 0.184. The fourth-order valence-electron chi connectivity index (χ4n) is 2.19. The number of nitro groups is 1. The molecule has 1 atom stereocenters. The molecule has 1 aromatic carbocycles. The van der Waals surface area contributed by atoms with E-state index >= 15 is 0 Å². The predicted octanol–water partition coefficient (Wildman–Crippen LogP) is 1.99. The Labute approximate surface area is 100 Å². The lowest BCUT2D eigenvalue weighted by Gasteiger charge is -2.15. The van der Waals surface area contributed by atoms with E-state index in [4.69, 9.17) is 0 Å². The molecule has 2 N–H and O–H groups in total. The Bertz CT molecular complexity index is 440. The second kappa shape index (κ2) is 4.71. The molecule has 1 unspecified atom stereocenters. The molecule has 2 rings (SSSR count). The van der Waals surface area contributed by atoms with E-state index in [0.29, 0.717) is 11.6 Å². The van der Waals surface area contributed by atoms with Gasteiger partial charge in [0.2, 0.25) is 0 Å². The number of anilines is 1. The Morgan fingerprint density at radius 3 is 2.76 bits per heavy atom. The van der Waals surface area contributed by atoms with Crippen molar-refractivity contribution in [1.29, 1.82) is 0 Å². The summed E-state index contributed by atoms with van der Waals surface area (Å²) < 4.78 is 0. The van der Waals surface area contributed by atoms with E-state index in [0.717, 1.165) is 30.8 Å². The van der Waals surface area contributed by atoms with Crippen molar-refractivity contribution < 1.29 is 4.92 Å². The summed E-state index contributed by atoms with van der Waals surface area (Å²) in [4.78, 5) is 10.6. The Hall–Kier alpha value is -1.62. The summed E-state index contributed by atoms with van der Waals surface area (Å²) in [6.45, 7) is 5.67. The van der Waals surface area contributed by atoms with Crippen LogP contribution < -0.4 is 10.6 Å². The SMILES string of the molecule is Cc1cc(C)c([N+](=O)[O-])cc1NC1CCNC1. The van der Waals surface area contributed by atoms with Gasteiger partial charge < -0.3 is 10.6 Å². The van der Waals surface area contributed by atoms with Crippen LogP contribution in [0.15, 0.2) is 12.1 Å². The van der Waals surface area contributed by atoms with Crippen molar-refractivity contribution in [3.63, 3.8) is 0 Å². The van der Waals surface area contributed by atoms with Gasteiger partial charge in [-0.05, 0) is 38.4 Å². The highest BCUT2D eigenvalue weighted by atomic mass is 16.6. The summed E-state index contributed by atoms with van der Waals surface area (Å²) >= 11 is 0. The lowest BCUT2D eigenvalue weighted by atomic mass is 10.1. The number of nitrogens with zero attached hydrogens (tertiary/aromatic N) is 1. The van der Waals surface area contributed by atoms with Crippen LogP contribution in [-0.2, 0) is 0 Å². The molecular weight excluding hydrogens is 218 g/mol. The van der Waals surface area contributed by atoms with Gasteiger partial charge >= 0.3 is 0 Å². The van der Waals surface area contributed by atoms with Gasteiger partial charge in [0.15, 0.2) is 0 Å². The molecule has 0 aliphatic carbocycles. The molecule has 1 aromatic rings. The Morgan fingerprint density at radius 1 is 1.41 bits per heavy atom. The molecule has 1 aliphatic heterocycles. The smallest absolute Gasteiger partial charge is 0.274 e. The number of hydrogen-bond donors (Lipinski definition) is 2. The number of benzene rings is 1. The van der Waals surface area contributed by atoms with Gasteiger partial charge in [-0.3, -0.25) is 10.1 Å². The zero-order valence-corrected chi connectivity index (χ0v) is 10.1. The van der Waals surface area contributed by atoms with Crippen molar-refractivity contribution >= 4 is 11.4 Å². The van der Waals surface area contributed by atoms with Gasteiger partial charge in [-0.2, -0.15) is 0 Å². The summed E-state index contributed by atoms with van der Waals surface area (Å²) in [6, 6.07) is 3.88. The van der Waals surface area contributed by atoms with E-state index in [1.54, 1.807) is 13.0 Å². The normalized spacial score (nSPS) is 19.3. The second-order valence-corrected chi connectivity index (χ2v) is 4.54. The first-order valence-corrected chi connectivity index (χ1v) is 5.81. The van der Waals surface area contributed by atoms with Crippen molar-refractivity contribution in [2.45, 2.75) is 26.3 Å². The minimum Gasteiger partial charge on any atom is -0.381 e. The first kappa shape index (κ1) is 11.9. The highest BCUT2D eigenvalue weighted by molar-refractivity contribution is 5.60. The van der Waals surface area contributed by atoms with Gasteiger partial charge in [0.1, 0.15) is 0 Å². The van der Waals surface area contributed by atoms with E-state index in [1.807, 2.05) is 13.0 Å². The molecule has 1 heterocycles. The van der Waals surface area contributed by atoms with Crippen LogP contribution in [0.25, 0.3) is 0 Å². The van der Waals surface area contributed by atoms with Crippen LogP contribution in [0.1, 0.15) is 17.5 Å². The van der Waals surface area contributed by atoms with Crippen molar-refractivity contribution in [2.75, 3.05) is 18.4 Å². The molecule has 5 nitrogen and oxygen atoms in total. The zero-order chi connectivity index (χ0) is 12.4. The molecular formula is C12H17N3O2. The summed E-state index contributed by atoms with van der Waals surface area (Å²) in [6.07, 6.45) is 1.06. The number of hydrogen-bond acceptors (Lipinski definition) is 4. The Kier molecular flexibility index (Phi) is 3.28. The third-order valence-electron chi connectivity index (χ3n) is 3.16. The minimum atomic E-state index is -0.327. The van der Waals surface area contributed by atoms with Gasteiger partial charge in [-0.1, -0.05) is 0 Å². The van der Waals surface area contributed by atoms with Crippen LogP contribution in [0.3, 0.4) is 0 Å². The Morgan fingerprint density at radius 2 is 2.18 bits per heavy atom. The third kappa shape index (κ3) is 2.55. The van der Waals surface area contributed by atoms with Crippen LogP contribution in [0.4, 0.5) is 11.4 Å². The molecule has 92 valence electrons. The molecule has 0 aromatic heterocycles. The molecule has 17 heavy (non-hydrogen) atoms. The molecule has 0 bridgehead atoms. The number of nitrogens with one attached hydrogen (secondary N) is 2. The zero-order valence-electron chi connectivity index (χ0n) is 10.1. The average Bonchev–Trinajstić information content (AvgIpc) is 2.74. The largest absolute Gasteiger partial charge is 0.381 e. The van der Waals surface area contributed by atoms with Crippen LogP contribution in [-0.4, -0.2) is 24.1 Å². The lowest BCUT2D eigenvalue weighted by Crippen LogP contribution is -2.22. The number of aryl methyl sites for hydroxylation is 2. The summed E-state index contributed by atoms with van der Waals surface area (Å²) in [7, 11) is 0. The van der Waals surface area contributed by atoms with Crippen LogP contribution in [0.5, 0.6) is 0 Å². The molecule has 0 spiro atoms. The third-order valence-corrected chi connectivity index (χ3v) is 3.16. The van der Waals surface area contributed by atoms with Gasteiger partial charge in [-0.25, -0.2) is 0 Å². The maximum absolute atomic E-state index is 10.9. The summed E-state index contributed by atoms with van der Waals surface area (Å²) in [5, 5.41) is 17.5. The first-order chi connectivity index (χ1) is 8.08. The van der Waals surface area contributed by atoms with Crippen molar-refractivity contribution in [3.05, 3.63) is 33.4 Å². The van der Waals surface area contributed by atoms with E-state index < -0.39 is 0 Å². The van der Waals surface area contributed by atoms with Crippen LogP contribution in [0, 0.1) is 24.0 Å². The lowest BCUT2D eigenvalue weighted by molar-refractivity contribution is -0.385. The molecule has 0 saturated carbocycles. The maximum atomic E-state index is 10.9. The molecule has 1 saturated heterocycles. The van der Waals surface area contributed by atoms with Gasteiger partial charge in [0, 0.05) is 29.9 Å². The van der Waals surface area contributed by atoms with Crippen molar-refractivity contribution in [2.24, 2.45) is 0 Å². The Balaban J connectivity index is 2.26. The highest BCUT2D eigenvalue weighted by Crippen LogP contribution is 2.27. The van der Waals surface area contributed by atoms with Crippen LogP contribution >= 0.6 is 0 Å². The van der Waals surface area contributed by atoms with Gasteiger partial charge in [0.25, 0.3) is 5.69 Å². The molecule has 5 heteroatoms. The van der Waals surface area contributed by atoms with Crippen molar-refractivity contribution in [1.82, 2.24) is 5.32 Å². The molecule has 0 radical (unpaired) electrons. The van der Waals surface area contributed by atoms with Gasteiger partial charge in [0.05, 0.1) is 4.92 Å². The maximum Gasteiger partial charge on any atom is 0.274 e. The molecule has 1 aliphatic rings. The average molecular weight is 235 g/mol. The summed E-state index contributed by atoms with van der Waals surface area (Å²) in [5.41, 5.74) is 2.82. The fourth-order valence-corrected chi connectivity index (χ4v) is 2.19. The van der Waals surface area contributed by atoms with E-state index in [1.165, 1.54) is 0 Å². The topological polar surface area (TPSA) is 67.2 Å². The highest BCUT2D eigenvalue weighted by Gasteiger charge is 2.18. The fraction of sp³-hybridized carbons (Fsp3) is 0.500. The van der Waals surface area contributed by atoms with Crippen molar-refractivity contribution in [3.8, 4) is 0 Å². The molecule has 1 fully saturated rings. The van der Waals surface area contributed by atoms with Gasteiger partial charge in [-0.15, -0.1) is 0 Å². The number of rotatable bonds is 3. The second-order valence-electron chi connectivity index (χ2n) is 4.54. The van der Waals surface area contributed by atoms with E-state index in [2.05, 4.69) is 10.6 Å². The first-order valence-electron chi connectivity index (χ1n) is 5.81. The molecule has 0 amide bonds. The number of nitro benzene ring substituents is 1. The standard InChI is InChI=1S/C12H17N3O2/c1-8-5-9(2)12(15(16)17)6-11(8)14-10-3-4-13-7-10/h5-6,10,13-14H,3-4,7H2,1-2H3. The summed E-state index contributed by atoms with van der Waals surface area (Å²) in [5.74, 6) is 0. The predicted molar refractivity (Wildman–Crippen MR) is 67.5 cm³/mol. The van der Waals surface area contributed by atoms with Crippen LogP contribution in [0.2, 0.25) is 0 Å². The van der Waals surface area contributed by atoms with E-state index in [9.17, 15) is 10.1 Å².